The highest BCUT2D eigenvalue weighted by Crippen LogP contribution is 2.22. The summed E-state index contributed by atoms with van der Waals surface area (Å²) < 4.78 is 19.7. The van der Waals surface area contributed by atoms with Crippen LogP contribution in [0.15, 0.2) is 22.7 Å². The molecule has 1 saturated heterocycles. The maximum Gasteiger partial charge on any atom is 0.310 e. The van der Waals surface area contributed by atoms with Gasteiger partial charge in [0.2, 0.25) is 0 Å². The summed E-state index contributed by atoms with van der Waals surface area (Å²) in [7, 11) is 0. The van der Waals surface area contributed by atoms with Crippen molar-refractivity contribution >= 4 is 21.9 Å². The molecule has 2 rings (SSSR count). The minimum absolute atomic E-state index is 0.0843. The van der Waals surface area contributed by atoms with Crippen molar-refractivity contribution in [2.75, 3.05) is 19.7 Å². The van der Waals surface area contributed by atoms with Gasteiger partial charge in [0.15, 0.2) is 0 Å². The average Bonchev–Trinajstić information content (AvgIpc) is 2.43. The summed E-state index contributed by atoms with van der Waals surface area (Å²) in [5.74, 6) is -0.419. The Morgan fingerprint density at radius 2 is 2.35 bits per heavy atom. The highest BCUT2D eigenvalue weighted by molar-refractivity contribution is 9.10. The van der Waals surface area contributed by atoms with Crippen LogP contribution >= 0.6 is 15.9 Å². The number of carbonyl (C=O) groups excluding carboxylic acids is 1. The lowest BCUT2D eigenvalue weighted by Crippen LogP contribution is -2.39. The van der Waals surface area contributed by atoms with E-state index in [4.69, 9.17) is 4.74 Å². The topological polar surface area (TPSA) is 29.5 Å². The second kappa shape index (κ2) is 7.18. The van der Waals surface area contributed by atoms with Crippen LogP contribution in [0.2, 0.25) is 0 Å². The van der Waals surface area contributed by atoms with Crippen LogP contribution in [0.1, 0.15) is 25.3 Å². The highest BCUT2D eigenvalue weighted by atomic mass is 79.9. The molecule has 0 spiro atoms. The number of esters is 1. The largest absolute Gasteiger partial charge is 0.466 e. The standard InChI is InChI=1S/C15H19BrFNO2/c1-2-20-15(19)11-4-3-7-18(9-11)10-12-8-13(16)5-6-14(12)17/h5-6,8,11H,2-4,7,9-10H2,1H3/t11-/m0/s1. The van der Waals surface area contributed by atoms with E-state index in [1.54, 1.807) is 12.1 Å². The van der Waals surface area contributed by atoms with Gasteiger partial charge in [0.1, 0.15) is 5.82 Å². The first-order valence-corrected chi connectivity index (χ1v) is 7.72. The molecule has 0 amide bonds. The van der Waals surface area contributed by atoms with Crippen molar-refractivity contribution in [3.05, 3.63) is 34.1 Å². The monoisotopic (exact) mass is 343 g/mol. The van der Waals surface area contributed by atoms with E-state index in [1.807, 2.05) is 6.92 Å². The Labute approximate surface area is 127 Å². The van der Waals surface area contributed by atoms with E-state index >= 15 is 0 Å². The van der Waals surface area contributed by atoms with Gasteiger partial charge in [-0.3, -0.25) is 9.69 Å². The Bertz CT molecular complexity index is 481. The lowest BCUT2D eigenvalue weighted by molar-refractivity contribution is -0.150. The zero-order chi connectivity index (χ0) is 14.5. The van der Waals surface area contributed by atoms with E-state index in [9.17, 15) is 9.18 Å². The van der Waals surface area contributed by atoms with Gasteiger partial charge < -0.3 is 4.74 Å². The van der Waals surface area contributed by atoms with Crippen molar-refractivity contribution in [3.8, 4) is 0 Å². The molecule has 0 aliphatic carbocycles. The van der Waals surface area contributed by atoms with Crippen molar-refractivity contribution in [3.63, 3.8) is 0 Å². The molecule has 0 unspecified atom stereocenters. The van der Waals surface area contributed by atoms with Gasteiger partial charge in [0.05, 0.1) is 12.5 Å². The first-order valence-electron chi connectivity index (χ1n) is 6.93. The van der Waals surface area contributed by atoms with Gasteiger partial charge in [-0.1, -0.05) is 15.9 Å². The molecule has 5 heteroatoms. The van der Waals surface area contributed by atoms with E-state index in [-0.39, 0.29) is 17.7 Å². The number of ether oxygens (including phenoxy) is 1. The molecule has 110 valence electrons. The van der Waals surface area contributed by atoms with Gasteiger partial charge in [-0.05, 0) is 44.5 Å². The number of hydrogen-bond donors (Lipinski definition) is 0. The van der Waals surface area contributed by atoms with Crippen molar-refractivity contribution < 1.29 is 13.9 Å². The Morgan fingerprint density at radius 3 is 3.10 bits per heavy atom. The normalized spacial score (nSPS) is 19.9. The zero-order valence-electron chi connectivity index (χ0n) is 11.6. The summed E-state index contributed by atoms with van der Waals surface area (Å²) >= 11 is 3.36. The molecular formula is C15H19BrFNO2. The predicted molar refractivity (Wildman–Crippen MR) is 78.7 cm³/mol. The minimum Gasteiger partial charge on any atom is -0.466 e. The summed E-state index contributed by atoms with van der Waals surface area (Å²) in [5.41, 5.74) is 0.656. The van der Waals surface area contributed by atoms with Gasteiger partial charge in [-0.15, -0.1) is 0 Å². The molecule has 1 aliphatic rings. The fraction of sp³-hybridized carbons (Fsp3) is 0.533. The summed E-state index contributed by atoms with van der Waals surface area (Å²) in [6.45, 7) is 4.29. The molecule has 1 heterocycles. The fourth-order valence-corrected chi connectivity index (χ4v) is 2.97. The molecule has 0 radical (unpaired) electrons. The van der Waals surface area contributed by atoms with Crippen LogP contribution in [0.25, 0.3) is 0 Å². The van der Waals surface area contributed by atoms with E-state index in [0.717, 1.165) is 23.9 Å². The molecule has 0 N–H and O–H groups in total. The summed E-state index contributed by atoms with van der Waals surface area (Å²) in [6.07, 6.45) is 1.80. The van der Waals surface area contributed by atoms with Crippen molar-refractivity contribution in [1.82, 2.24) is 4.90 Å². The molecule has 0 bridgehead atoms. The van der Waals surface area contributed by atoms with Crippen molar-refractivity contribution in [2.45, 2.75) is 26.3 Å². The smallest absolute Gasteiger partial charge is 0.310 e. The van der Waals surface area contributed by atoms with Crippen LogP contribution in [0.5, 0.6) is 0 Å². The third-order valence-corrected chi connectivity index (χ3v) is 4.02. The van der Waals surface area contributed by atoms with Gasteiger partial charge in [0, 0.05) is 23.1 Å². The van der Waals surface area contributed by atoms with Crippen LogP contribution in [-0.4, -0.2) is 30.6 Å². The minimum atomic E-state index is -0.202. The second-order valence-electron chi connectivity index (χ2n) is 5.06. The fourth-order valence-electron chi connectivity index (χ4n) is 2.56. The maximum atomic E-state index is 13.8. The molecule has 1 fully saturated rings. The number of nitrogens with zero attached hydrogens (tertiary/aromatic N) is 1. The molecule has 1 aromatic rings. The number of rotatable bonds is 4. The molecule has 1 aromatic carbocycles. The van der Waals surface area contributed by atoms with E-state index in [0.29, 0.717) is 25.3 Å². The third kappa shape index (κ3) is 4.03. The first kappa shape index (κ1) is 15.4. The molecule has 1 aliphatic heterocycles. The summed E-state index contributed by atoms with van der Waals surface area (Å²) in [6, 6.07) is 4.95. The van der Waals surface area contributed by atoms with Crippen LogP contribution in [0.3, 0.4) is 0 Å². The van der Waals surface area contributed by atoms with E-state index in [2.05, 4.69) is 20.8 Å². The quantitative estimate of drug-likeness (QED) is 0.785. The Morgan fingerprint density at radius 1 is 1.55 bits per heavy atom. The Hall–Kier alpha value is -0.940. The molecule has 1 atom stereocenters. The summed E-state index contributed by atoms with van der Waals surface area (Å²) in [5, 5.41) is 0. The van der Waals surface area contributed by atoms with Crippen LogP contribution in [0.4, 0.5) is 4.39 Å². The molecule has 0 saturated carbocycles. The molecular weight excluding hydrogens is 325 g/mol. The number of likely N-dealkylation sites (tertiary alicyclic amines) is 1. The lowest BCUT2D eigenvalue weighted by atomic mass is 9.97. The SMILES string of the molecule is CCOC(=O)[C@H]1CCCN(Cc2cc(Br)ccc2F)C1. The van der Waals surface area contributed by atoms with Gasteiger partial charge >= 0.3 is 5.97 Å². The number of halogens is 2. The van der Waals surface area contributed by atoms with Crippen LogP contribution in [-0.2, 0) is 16.1 Å². The van der Waals surface area contributed by atoms with Gasteiger partial charge in [0.25, 0.3) is 0 Å². The number of benzene rings is 1. The van der Waals surface area contributed by atoms with Crippen LogP contribution in [0, 0.1) is 11.7 Å². The first-order chi connectivity index (χ1) is 9.60. The maximum absolute atomic E-state index is 13.8. The van der Waals surface area contributed by atoms with Crippen LogP contribution < -0.4 is 0 Å². The number of carbonyl (C=O) groups is 1. The van der Waals surface area contributed by atoms with Gasteiger partial charge in [-0.2, -0.15) is 0 Å². The second-order valence-corrected chi connectivity index (χ2v) is 5.98. The third-order valence-electron chi connectivity index (χ3n) is 3.53. The van der Waals surface area contributed by atoms with Gasteiger partial charge in [-0.25, -0.2) is 4.39 Å². The average molecular weight is 344 g/mol. The highest BCUT2D eigenvalue weighted by Gasteiger charge is 2.27. The zero-order valence-corrected chi connectivity index (χ0v) is 13.2. The lowest BCUT2D eigenvalue weighted by Gasteiger charge is -2.31. The number of hydrogen-bond acceptors (Lipinski definition) is 3. The van der Waals surface area contributed by atoms with E-state index in [1.165, 1.54) is 6.07 Å². The Balaban J connectivity index is 1.99. The molecule has 0 aromatic heterocycles. The number of piperidine rings is 1. The van der Waals surface area contributed by atoms with E-state index < -0.39 is 0 Å². The summed E-state index contributed by atoms with van der Waals surface area (Å²) in [4.78, 5) is 13.9. The van der Waals surface area contributed by atoms with Crippen molar-refractivity contribution in [2.24, 2.45) is 5.92 Å². The van der Waals surface area contributed by atoms with Crippen molar-refractivity contribution in [1.29, 1.82) is 0 Å². The molecule has 3 nitrogen and oxygen atoms in total. The predicted octanol–water partition coefficient (Wildman–Crippen LogP) is 3.36. The Kier molecular flexibility index (Phi) is 5.54. The molecule has 20 heavy (non-hydrogen) atoms.